The number of nitrogens with two attached hydrogens (primary N) is 1. The van der Waals surface area contributed by atoms with E-state index in [2.05, 4.69) is 0 Å². The molecule has 0 spiro atoms. The predicted octanol–water partition coefficient (Wildman–Crippen LogP) is 1.60. The molecule has 0 heterocycles. The Morgan fingerprint density at radius 3 is 1.95 bits per heavy atom. The number of carbonyl (C=O) groups is 1. The van der Waals surface area contributed by atoms with Crippen LogP contribution in [-0.2, 0) is 14.6 Å². The number of benzene rings is 2. The van der Waals surface area contributed by atoms with Gasteiger partial charge in [-0.15, -0.1) is 0 Å². The summed E-state index contributed by atoms with van der Waals surface area (Å²) in [6.07, 6.45) is 0. The molecular formula is C14H13NO4S. The Morgan fingerprint density at radius 1 is 0.950 bits per heavy atom. The minimum atomic E-state index is -3.59. The Morgan fingerprint density at radius 2 is 1.45 bits per heavy atom. The molecule has 20 heavy (non-hydrogen) atoms. The molecule has 6 heteroatoms. The number of hydrogen-bond donors (Lipinski definition) is 2. The fraction of sp³-hybridized carbons (Fsp3) is 0.0714. The van der Waals surface area contributed by atoms with Crippen LogP contribution >= 0.6 is 0 Å². The van der Waals surface area contributed by atoms with Gasteiger partial charge in [-0.05, 0) is 29.8 Å². The van der Waals surface area contributed by atoms with Crippen molar-refractivity contribution in [1.82, 2.24) is 0 Å². The Kier molecular flexibility index (Phi) is 3.87. The van der Waals surface area contributed by atoms with Gasteiger partial charge in [0.15, 0.2) is 0 Å². The highest BCUT2D eigenvalue weighted by Gasteiger charge is 2.19. The van der Waals surface area contributed by atoms with Crippen molar-refractivity contribution in [2.24, 2.45) is 5.73 Å². The molecule has 0 bridgehead atoms. The lowest BCUT2D eigenvalue weighted by Crippen LogP contribution is -2.20. The SMILES string of the molecule is N[C@@H](C(=O)O)c1ccc(S(=O)(=O)c2ccccc2)cc1. The van der Waals surface area contributed by atoms with Crippen molar-refractivity contribution in [1.29, 1.82) is 0 Å². The van der Waals surface area contributed by atoms with Crippen LogP contribution in [0.3, 0.4) is 0 Å². The Hall–Kier alpha value is -2.18. The summed E-state index contributed by atoms with van der Waals surface area (Å²) in [5.74, 6) is -1.16. The van der Waals surface area contributed by atoms with E-state index in [1.165, 1.54) is 36.4 Å². The summed E-state index contributed by atoms with van der Waals surface area (Å²) < 4.78 is 24.6. The molecule has 3 N–H and O–H groups in total. The smallest absolute Gasteiger partial charge is 0.325 e. The van der Waals surface area contributed by atoms with Gasteiger partial charge in [-0.2, -0.15) is 0 Å². The van der Waals surface area contributed by atoms with Gasteiger partial charge in [0.2, 0.25) is 9.84 Å². The molecule has 5 nitrogen and oxygen atoms in total. The maximum absolute atomic E-state index is 12.3. The van der Waals surface area contributed by atoms with Gasteiger partial charge < -0.3 is 10.8 Å². The molecular weight excluding hydrogens is 278 g/mol. The highest BCUT2D eigenvalue weighted by molar-refractivity contribution is 7.91. The van der Waals surface area contributed by atoms with Gasteiger partial charge in [0, 0.05) is 0 Å². The monoisotopic (exact) mass is 291 g/mol. The third-order valence-corrected chi connectivity index (χ3v) is 4.65. The molecule has 0 aromatic heterocycles. The molecule has 0 fully saturated rings. The second-order valence-electron chi connectivity index (χ2n) is 4.20. The highest BCUT2D eigenvalue weighted by Crippen LogP contribution is 2.22. The van der Waals surface area contributed by atoms with Gasteiger partial charge >= 0.3 is 5.97 Å². The molecule has 0 aliphatic carbocycles. The molecule has 2 rings (SSSR count). The minimum Gasteiger partial charge on any atom is -0.480 e. The van der Waals surface area contributed by atoms with Crippen LogP contribution in [0.1, 0.15) is 11.6 Å². The van der Waals surface area contributed by atoms with Crippen LogP contribution in [-0.4, -0.2) is 19.5 Å². The van der Waals surface area contributed by atoms with Crippen molar-refractivity contribution in [2.45, 2.75) is 15.8 Å². The van der Waals surface area contributed by atoms with Crippen LogP contribution in [0, 0.1) is 0 Å². The van der Waals surface area contributed by atoms with E-state index in [-0.39, 0.29) is 9.79 Å². The first-order valence-electron chi connectivity index (χ1n) is 5.81. The van der Waals surface area contributed by atoms with Crippen molar-refractivity contribution in [3.05, 3.63) is 60.2 Å². The zero-order valence-corrected chi connectivity index (χ0v) is 11.2. The normalized spacial score (nSPS) is 12.8. The Bertz CT molecular complexity index is 709. The van der Waals surface area contributed by atoms with Crippen molar-refractivity contribution < 1.29 is 18.3 Å². The summed E-state index contributed by atoms with van der Waals surface area (Å²) >= 11 is 0. The van der Waals surface area contributed by atoms with Crippen molar-refractivity contribution >= 4 is 15.8 Å². The second-order valence-corrected chi connectivity index (χ2v) is 6.15. The van der Waals surface area contributed by atoms with Crippen LogP contribution in [0.25, 0.3) is 0 Å². The lowest BCUT2D eigenvalue weighted by atomic mass is 10.1. The van der Waals surface area contributed by atoms with Gasteiger partial charge in [-0.25, -0.2) is 8.42 Å². The van der Waals surface area contributed by atoms with Crippen molar-refractivity contribution in [2.75, 3.05) is 0 Å². The van der Waals surface area contributed by atoms with Crippen LogP contribution in [0.4, 0.5) is 0 Å². The fourth-order valence-corrected chi connectivity index (χ4v) is 3.01. The number of carboxylic acid groups (broad SMARTS) is 1. The zero-order chi connectivity index (χ0) is 14.8. The first-order chi connectivity index (χ1) is 9.43. The Balaban J connectivity index is 2.38. The summed E-state index contributed by atoms with van der Waals surface area (Å²) in [6.45, 7) is 0. The molecule has 104 valence electrons. The Labute approximate surface area is 116 Å². The molecule has 0 radical (unpaired) electrons. The first kappa shape index (κ1) is 14.2. The van der Waals surface area contributed by atoms with Crippen LogP contribution < -0.4 is 5.73 Å². The largest absolute Gasteiger partial charge is 0.480 e. The maximum Gasteiger partial charge on any atom is 0.325 e. The van der Waals surface area contributed by atoms with E-state index in [4.69, 9.17) is 10.8 Å². The van der Waals surface area contributed by atoms with Crippen LogP contribution in [0.2, 0.25) is 0 Å². The lowest BCUT2D eigenvalue weighted by molar-refractivity contribution is -0.138. The number of rotatable bonds is 4. The second kappa shape index (κ2) is 5.44. The van der Waals surface area contributed by atoms with Gasteiger partial charge in [0.25, 0.3) is 0 Å². The van der Waals surface area contributed by atoms with Crippen molar-refractivity contribution in [3.8, 4) is 0 Å². The van der Waals surface area contributed by atoms with E-state index in [9.17, 15) is 13.2 Å². The van der Waals surface area contributed by atoms with Gasteiger partial charge in [0.1, 0.15) is 6.04 Å². The predicted molar refractivity (Wildman–Crippen MR) is 72.9 cm³/mol. The average Bonchev–Trinajstić information content (AvgIpc) is 2.47. The summed E-state index contributed by atoms with van der Waals surface area (Å²) in [5.41, 5.74) is 5.81. The maximum atomic E-state index is 12.3. The van der Waals surface area contributed by atoms with E-state index < -0.39 is 21.8 Å². The fourth-order valence-electron chi connectivity index (χ4n) is 1.73. The van der Waals surface area contributed by atoms with E-state index >= 15 is 0 Å². The van der Waals surface area contributed by atoms with E-state index in [0.717, 1.165) is 0 Å². The number of hydrogen-bond acceptors (Lipinski definition) is 4. The molecule has 0 aliphatic heterocycles. The average molecular weight is 291 g/mol. The quantitative estimate of drug-likeness (QED) is 0.891. The highest BCUT2D eigenvalue weighted by atomic mass is 32.2. The third-order valence-electron chi connectivity index (χ3n) is 2.87. The lowest BCUT2D eigenvalue weighted by Gasteiger charge is -2.08. The van der Waals surface area contributed by atoms with Gasteiger partial charge in [-0.1, -0.05) is 30.3 Å². The summed E-state index contributed by atoms with van der Waals surface area (Å²) in [7, 11) is -3.59. The molecule has 0 saturated heterocycles. The zero-order valence-electron chi connectivity index (χ0n) is 10.4. The van der Waals surface area contributed by atoms with Crippen LogP contribution in [0.5, 0.6) is 0 Å². The molecule has 0 aliphatic rings. The topological polar surface area (TPSA) is 97.5 Å². The number of carboxylic acids is 1. The number of sulfone groups is 1. The molecule has 0 amide bonds. The first-order valence-corrected chi connectivity index (χ1v) is 7.30. The molecule has 1 atom stereocenters. The van der Waals surface area contributed by atoms with E-state index in [1.807, 2.05) is 0 Å². The molecule has 0 unspecified atom stereocenters. The standard InChI is InChI=1S/C14H13NO4S/c15-13(14(16)17)10-6-8-12(9-7-10)20(18,19)11-4-2-1-3-5-11/h1-9,13H,15H2,(H,16,17)/t13-/m1/s1. The van der Waals surface area contributed by atoms with Gasteiger partial charge in [-0.3, -0.25) is 4.79 Å². The summed E-state index contributed by atoms with van der Waals surface area (Å²) in [4.78, 5) is 11.1. The van der Waals surface area contributed by atoms with Gasteiger partial charge in [0.05, 0.1) is 9.79 Å². The molecule has 0 saturated carbocycles. The van der Waals surface area contributed by atoms with Crippen LogP contribution in [0.15, 0.2) is 64.4 Å². The molecule has 2 aromatic rings. The van der Waals surface area contributed by atoms with E-state index in [1.54, 1.807) is 18.2 Å². The molecule has 2 aromatic carbocycles. The summed E-state index contributed by atoms with van der Waals surface area (Å²) in [6, 6.07) is 12.4. The third kappa shape index (κ3) is 2.71. The number of aliphatic carboxylic acids is 1. The summed E-state index contributed by atoms with van der Waals surface area (Å²) in [5, 5.41) is 8.80. The van der Waals surface area contributed by atoms with E-state index in [0.29, 0.717) is 5.56 Å². The van der Waals surface area contributed by atoms with Crippen molar-refractivity contribution in [3.63, 3.8) is 0 Å². The minimum absolute atomic E-state index is 0.102.